The molecule has 0 aromatic heterocycles. The van der Waals surface area contributed by atoms with Crippen LogP contribution in [0.3, 0.4) is 0 Å². The number of benzene rings is 1. The fourth-order valence-electron chi connectivity index (χ4n) is 2.66. The Balaban J connectivity index is 2.19. The van der Waals surface area contributed by atoms with Gasteiger partial charge in [0.2, 0.25) is 5.78 Å². The van der Waals surface area contributed by atoms with E-state index in [4.69, 9.17) is 4.74 Å². The lowest BCUT2D eigenvalue weighted by atomic mass is 9.93. The van der Waals surface area contributed by atoms with Crippen molar-refractivity contribution in [1.29, 1.82) is 0 Å². The van der Waals surface area contributed by atoms with Gasteiger partial charge in [-0.05, 0) is 45.1 Å². The van der Waals surface area contributed by atoms with Crippen molar-refractivity contribution in [2.24, 2.45) is 0 Å². The summed E-state index contributed by atoms with van der Waals surface area (Å²) in [6.07, 6.45) is 1.19. The zero-order valence-corrected chi connectivity index (χ0v) is 15.4. The number of hydrogen-bond acceptors (Lipinski definition) is 3. The van der Waals surface area contributed by atoms with Crippen LogP contribution < -0.4 is 0 Å². The normalized spacial score (nSPS) is 14.4. The molecule has 0 unspecified atom stereocenters. The number of carbonyl (C=O) groups excluding carboxylic acids is 2. The molecule has 0 radical (unpaired) electrons. The number of carbonyl (C=O) groups is 2. The molecule has 1 aliphatic rings. The van der Waals surface area contributed by atoms with Gasteiger partial charge in [-0.2, -0.15) is 0 Å². The van der Waals surface area contributed by atoms with Crippen molar-refractivity contribution in [2.75, 3.05) is 13.1 Å². The summed E-state index contributed by atoms with van der Waals surface area (Å²) in [5.74, 6) is 5.53. The van der Waals surface area contributed by atoms with Crippen LogP contribution in [0.4, 0.5) is 4.79 Å². The number of Topliss-reactive ketones (excluding diaryl/α,β-unsaturated/α-hetero) is 1. The number of nitrogens with zero attached hydrogens (tertiary/aromatic N) is 1. The van der Waals surface area contributed by atoms with Crippen molar-refractivity contribution < 1.29 is 14.3 Å². The lowest BCUT2D eigenvalue weighted by Crippen LogP contribution is -2.40. The van der Waals surface area contributed by atoms with Gasteiger partial charge in [-0.15, -0.1) is 0 Å². The minimum Gasteiger partial charge on any atom is -0.444 e. The first-order chi connectivity index (χ1) is 11.8. The average Bonchev–Trinajstić information content (AvgIpc) is 2.55. The number of hydrogen-bond donors (Lipinski definition) is 0. The number of piperidine rings is 1. The van der Waals surface area contributed by atoms with Crippen LogP contribution in [-0.4, -0.2) is 35.5 Å². The first kappa shape index (κ1) is 18.8. The molecule has 1 heterocycles. The maximum atomic E-state index is 12.2. The molecule has 0 N–H and O–H groups in total. The number of ketones is 1. The van der Waals surface area contributed by atoms with E-state index in [0.717, 1.165) is 24.0 Å². The molecule has 25 heavy (non-hydrogen) atoms. The molecule has 2 rings (SSSR count). The highest BCUT2D eigenvalue weighted by Gasteiger charge is 2.25. The molecule has 1 amide bonds. The Labute approximate surface area is 149 Å². The van der Waals surface area contributed by atoms with Crippen LogP contribution >= 0.6 is 0 Å². The second-order valence-electron chi connectivity index (χ2n) is 7.12. The van der Waals surface area contributed by atoms with Gasteiger partial charge in [-0.25, -0.2) is 4.79 Å². The highest BCUT2D eigenvalue weighted by atomic mass is 16.6. The number of allylic oxidation sites excluding steroid dienone is 1. The summed E-state index contributed by atoms with van der Waals surface area (Å²) in [6, 6.07) is 9.87. The van der Waals surface area contributed by atoms with Crippen LogP contribution in [-0.2, 0) is 9.53 Å². The van der Waals surface area contributed by atoms with Gasteiger partial charge in [-0.1, -0.05) is 41.8 Å². The second kappa shape index (κ2) is 8.02. The van der Waals surface area contributed by atoms with E-state index in [1.165, 1.54) is 12.5 Å². The monoisotopic (exact) mass is 339 g/mol. The van der Waals surface area contributed by atoms with E-state index in [0.29, 0.717) is 13.1 Å². The SMILES string of the molecule is CC(=O)C#CC(=C1CCN(C(=O)OC(C)(C)C)CC1)c1ccccc1. The summed E-state index contributed by atoms with van der Waals surface area (Å²) in [5, 5.41) is 0. The van der Waals surface area contributed by atoms with Crippen molar-refractivity contribution in [3.8, 4) is 11.8 Å². The number of ether oxygens (including phenoxy) is 1. The van der Waals surface area contributed by atoms with E-state index in [-0.39, 0.29) is 11.9 Å². The van der Waals surface area contributed by atoms with Crippen LogP contribution in [0.2, 0.25) is 0 Å². The third-order valence-electron chi connectivity index (χ3n) is 3.80. The Hall–Kier alpha value is -2.54. The van der Waals surface area contributed by atoms with Crippen LogP contribution in [0.5, 0.6) is 0 Å². The first-order valence-electron chi connectivity index (χ1n) is 8.54. The van der Waals surface area contributed by atoms with Crippen LogP contribution in [0, 0.1) is 11.8 Å². The standard InChI is InChI=1S/C21H25NO3/c1-16(23)10-11-19(17-8-6-5-7-9-17)18-12-14-22(15-13-18)20(24)25-21(2,3)4/h5-9H,12-15H2,1-4H3. The molecule has 1 fully saturated rings. The van der Waals surface area contributed by atoms with E-state index < -0.39 is 5.60 Å². The topological polar surface area (TPSA) is 46.6 Å². The molecule has 4 heteroatoms. The molecule has 0 spiro atoms. The maximum Gasteiger partial charge on any atom is 0.410 e. The van der Waals surface area contributed by atoms with Crippen molar-refractivity contribution in [3.05, 3.63) is 41.5 Å². The molecule has 132 valence electrons. The van der Waals surface area contributed by atoms with E-state index in [2.05, 4.69) is 11.8 Å². The second-order valence-corrected chi connectivity index (χ2v) is 7.12. The zero-order chi connectivity index (χ0) is 18.4. The molecular formula is C21H25NO3. The van der Waals surface area contributed by atoms with Crippen LogP contribution in [0.25, 0.3) is 5.57 Å². The molecule has 0 bridgehead atoms. The van der Waals surface area contributed by atoms with E-state index in [1.54, 1.807) is 4.90 Å². The predicted octanol–water partition coefficient (Wildman–Crippen LogP) is 4.06. The fourth-order valence-corrected chi connectivity index (χ4v) is 2.66. The summed E-state index contributed by atoms with van der Waals surface area (Å²) in [4.78, 5) is 25.2. The van der Waals surface area contributed by atoms with Gasteiger partial charge in [0.05, 0.1) is 0 Å². The van der Waals surface area contributed by atoms with E-state index in [9.17, 15) is 9.59 Å². The number of amides is 1. The van der Waals surface area contributed by atoms with Gasteiger partial charge in [0.1, 0.15) is 5.60 Å². The van der Waals surface area contributed by atoms with Crippen LogP contribution in [0.1, 0.15) is 46.1 Å². The van der Waals surface area contributed by atoms with Gasteiger partial charge in [0.15, 0.2) is 0 Å². The fraction of sp³-hybridized carbons (Fsp3) is 0.429. The van der Waals surface area contributed by atoms with Crippen molar-refractivity contribution in [3.63, 3.8) is 0 Å². The minimum atomic E-state index is -0.491. The highest BCUT2D eigenvalue weighted by Crippen LogP contribution is 2.27. The van der Waals surface area contributed by atoms with Gasteiger partial charge < -0.3 is 9.64 Å². The number of rotatable bonds is 1. The average molecular weight is 339 g/mol. The third-order valence-corrected chi connectivity index (χ3v) is 3.80. The molecular weight excluding hydrogens is 314 g/mol. The number of likely N-dealkylation sites (tertiary alicyclic amines) is 1. The van der Waals surface area contributed by atoms with Crippen molar-refractivity contribution in [2.45, 2.75) is 46.1 Å². The molecule has 0 atom stereocenters. The molecule has 1 aromatic rings. The van der Waals surface area contributed by atoms with Crippen molar-refractivity contribution in [1.82, 2.24) is 4.90 Å². The molecule has 4 nitrogen and oxygen atoms in total. The lowest BCUT2D eigenvalue weighted by Gasteiger charge is -2.31. The maximum absolute atomic E-state index is 12.2. The van der Waals surface area contributed by atoms with Gasteiger partial charge in [0, 0.05) is 25.6 Å². The van der Waals surface area contributed by atoms with Crippen molar-refractivity contribution >= 4 is 17.4 Å². The highest BCUT2D eigenvalue weighted by molar-refractivity contribution is 5.97. The predicted molar refractivity (Wildman–Crippen MR) is 98.9 cm³/mol. The summed E-state index contributed by atoms with van der Waals surface area (Å²) >= 11 is 0. The summed E-state index contributed by atoms with van der Waals surface area (Å²) < 4.78 is 5.43. The molecule has 1 aliphatic heterocycles. The van der Waals surface area contributed by atoms with E-state index in [1.807, 2.05) is 51.1 Å². The Morgan fingerprint density at radius 3 is 2.16 bits per heavy atom. The Morgan fingerprint density at radius 1 is 1.04 bits per heavy atom. The minimum absolute atomic E-state index is 0.153. The quantitative estimate of drug-likeness (QED) is 0.572. The van der Waals surface area contributed by atoms with Crippen LogP contribution in [0.15, 0.2) is 35.9 Å². The summed E-state index contributed by atoms with van der Waals surface area (Å²) in [7, 11) is 0. The first-order valence-corrected chi connectivity index (χ1v) is 8.54. The zero-order valence-electron chi connectivity index (χ0n) is 15.4. The molecule has 0 aliphatic carbocycles. The molecule has 1 saturated heterocycles. The lowest BCUT2D eigenvalue weighted by molar-refractivity contribution is -0.111. The van der Waals surface area contributed by atoms with E-state index >= 15 is 0 Å². The Bertz CT molecular complexity index is 720. The molecule has 1 aromatic carbocycles. The third kappa shape index (κ3) is 5.79. The summed E-state index contributed by atoms with van der Waals surface area (Å²) in [5.41, 5.74) is 2.60. The summed E-state index contributed by atoms with van der Waals surface area (Å²) in [6.45, 7) is 8.26. The van der Waals surface area contributed by atoms with Gasteiger partial charge >= 0.3 is 6.09 Å². The Kier molecular flexibility index (Phi) is 6.03. The smallest absolute Gasteiger partial charge is 0.410 e. The van der Waals surface area contributed by atoms with Gasteiger partial charge in [-0.3, -0.25) is 4.79 Å². The Morgan fingerprint density at radius 2 is 1.64 bits per heavy atom. The molecule has 0 saturated carbocycles. The largest absolute Gasteiger partial charge is 0.444 e. The van der Waals surface area contributed by atoms with Gasteiger partial charge in [0.25, 0.3) is 0 Å².